The number of thiophene rings is 1. The van der Waals surface area contributed by atoms with Gasteiger partial charge in [-0.1, -0.05) is 6.58 Å². The second-order valence-corrected chi connectivity index (χ2v) is 3.72. The largest absolute Gasteiger partial charge is 0.369 e. The van der Waals surface area contributed by atoms with E-state index in [1.807, 2.05) is 30.9 Å². The summed E-state index contributed by atoms with van der Waals surface area (Å²) < 4.78 is 0. The Bertz CT molecular complexity index is 327. The molecule has 0 amide bonds. The summed E-state index contributed by atoms with van der Waals surface area (Å²) in [5, 5.41) is 6.89. The van der Waals surface area contributed by atoms with E-state index in [2.05, 4.69) is 16.9 Å². The highest BCUT2D eigenvalue weighted by molar-refractivity contribution is 7.08. The summed E-state index contributed by atoms with van der Waals surface area (Å²) in [4.78, 5) is 5.86. The highest BCUT2D eigenvalue weighted by Gasteiger charge is 1.97. The number of nitrogens with zero attached hydrogens (tertiary/aromatic N) is 2. The molecule has 1 aromatic heterocycles. The van der Waals surface area contributed by atoms with Crippen molar-refractivity contribution in [3.05, 3.63) is 29.2 Å². The Kier molecular flexibility index (Phi) is 3.53. The molecule has 14 heavy (non-hydrogen) atoms. The number of nitrogens with two attached hydrogens (primary N) is 1. The normalized spacial score (nSPS) is 11.1. The van der Waals surface area contributed by atoms with Crippen molar-refractivity contribution in [2.45, 2.75) is 0 Å². The van der Waals surface area contributed by atoms with E-state index in [1.165, 1.54) is 0 Å². The third-order valence-electron chi connectivity index (χ3n) is 1.56. The summed E-state index contributed by atoms with van der Waals surface area (Å²) >= 11 is 1.60. The minimum atomic E-state index is 0.349. The van der Waals surface area contributed by atoms with Crippen LogP contribution in [-0.2, 0) is 0 Å². The molecule has 0 aromatic carbocycles. The van der Waals surface area contributed by atoms with E-state index in [-0.39, 0.29) is 0 Å². The molecule has 1 rings (SSSR count). The monoisotopic (exact) mass is 210 g/mol. The van der Waals surface area contributed by atoms with Crippen LogP contribution >= 0.6 is 11.3 Å². The number of rotatable bonds is 3. The lowest BCUT2D eigenvalue weighted by molar-refractivity contribution is 0.509. The second-order valence-electron chi connectivity index (χ2n) is 2.94. The van der Waals surface area contributed by atoms with Gasteiger partial charge >= 0.3 is 0 Å². The molecule has 0 atom stereocenters. The Morgan fingerprint density at radius 1 is 1.64 bits per heavy atom. The van der Waals surface area contributed by atoms with Crippen LogP contribution < -0.4 is 11.1 Å². The van der Waals surface area contributed by atoms with Gasteiger partial charge in [0.25, 0.3) is 0 Å². The molecule has 5 heteroatoms. The molecule has 4 nitrogen and oxygen atoms in total. The average Bonchev–Trinajstić information content (AvgIpc) is 2.56. The van der Waals surface area contributed by atoms with E-state index in [9.17, 15) is 0 Å². The van der Waals surface area contributed by atoms with Crippen molar-refractivity contribution in [3.63, 3.8) is 0 Å². The fourth-order valence-corrected chi connectivity index (χ4v) is 1.34. The maximum Gasteiger partial charge on any atom is 0.199 e. The molecule has 0 aliphatic rings. The van der Waals surface area contributed by atoms with Gasteiger partial charge in [0.1, 0.15) is 5.82 Å². The van der Waals surface area contributed by atoms with Crippen molar-refractivity contribution < 1.29 is 0 Å². The number of nitrogens with one attached hydrogen (secondary N) is 1. The fourth-order valence-electron chi connectivity index (χ4n) is 0.750. The van der Waals surface area contributed by atoms with Crippen molar-refractivity contribution in [1.82, 2.24) is 4.90 Å². The van der Waals surface area contributed by atoms with Crippen LogP contribution in [-0.4, -0.2) is 25.0 Å². The van der Waals surface area contributed by atoms with Crippen LogP contribution in [0.25, 0.3) is 0 Å². The summed E-state index contributed by atoms with van der Waals surface area (Å²) in [5.74, 6) is 0.965. The number of guanidine groups is 1. The Morgan fingerprint density at radius 2 is 2.36 bits per heavy atom. The van der Waals surface area contributed by atoms with Gasteiger partial charge < -0.3 is 16.0 Å². The number of hydrogen-bond acceptors (Lipinski definition) is 3. The van der Waals surface area contributed by atoms with Gasteiger partial charge in [0, 0.05) is 19.5 Å². The van der Waals surface area contributed by atoms with Crippen molar-refractivity contribution in [3.8, 4) is 0 Å². The Balaban J connectivity index is 2.58. The van der Waals surface area contributed by atoms with E-state index in [4.69, 9.17) is 5.73 Å². The first-order chi connectivity index (χ1) is 6.59. The molecule has 1 heterocycles. The van der Waals surface area contributed by atoms with Gasteiger partial charge in [-0.2, -0.15) is 16.3 Å². The molecule has 0 aliphatic heterocycles. The van der Waals surface area contributed by atoms with Crippen LogP contribution in [0.4, 0.5) is 5.69 Å². The molecule has 0 spiro atoms. The summed E-state index contributed by atoms with van der Waals surface area (Å²) in [5.41, 5.74) is 6.61. The molecule has 3 N–H and O–H groups in total. The zero-order valence-electron chi connectivity index (χ0n) is 8.32. The zero-order valence-corrected chi connectivity index (χ0v) is 9.14. The first-order valence-corrected chi connectivity index (χ1v) is 5.03. The minimum absolute atomic E-state index is 0.349. The fraction of sp³-hybridized carbons (Fsp3) is 0.222. The summed E-state index contributed by atoms with van der Waals surface area (Å²) in [7, 11) is 3.73. The van der Waals surface area contributed by atoms with Crippen LogP contribution in [0.2, 0.25) is 0 Å². The Labute approximate surface area is 87.8 Å². The van der Waals surface area contributed by atoms with Crippen LogP contribution in [0.1, 0.15) is 0 Å². The molecule has 0 unspecified atom stereocenters. The first-order valence-electron chi connectivity index (χ1n) is 4.09. The maximum absolute atomic E-state index is 5.66. The molecule has 1 aromatic rings. The molecular weight excluding hydrogens is 196 g/mol. The first kappa shape index (κ1) is 10.6. The molecule has 0 saturated carbocycles. The predicted molar refractivity (Wildman–Crippen MR) is 62.4 cm³/mol. The lowest BCUT2D eigenvalue weighted by Gasteiger charge is -2.11. The van der Waals surface area contributed by atoms with Gasteiger partial charge in [0.05, 0.1) is 5.69 Å². The minimum Gasteiger partial charge on any atom is -0.369 e. The SMILES string of the molecule is C=C(N=C(N)Nc1ccsc1)N(C)C. The van der Waals surface area contributed by atoms with Crippen LogP contribution in [0.5, 0.6) is 0 Å². The highest BCUT2D eigenvalue weighted by atomic mass is 32.1. The number of anilines is 1. The third-order valence-corrected chi connectivity index (χ3v) is 2.24. The Hall–Kier alpha value is -1.49. The zero-order chi connectivity index (χ0) is 10.6. The Morgan fingerprint density at radius 3 is 2.86 bits per heavy atom. The molecule has 0 saturated heterocycles. The van der Waals surface area contributed by atoms with Crippen molar-refractivity contribution in [1.29, 1.82) is 0 Å². The van der Waals surface area contributed by atoms with Gasteiger partial charge in [-0.15, -0.1) is 0 Å². The van der Waals surface area contributed by atoms with Gasteiger partial charge in [0.2, 0.25) is 0 Å². The summed E-state index contributed by atoms with van der Waals surface area (Å²) in [6, 6.07) is 1.94. The van der Waals surface area contributed by atoms with Crippen molar-refractivity contribution in [2.24, 2.45) is 10.7 Å². The van der Waals surface area contributed by atoms with E-state index >= 15 is 0 Å². The van der Waals surface area contributed by atoms with E-state index in [0.717, 1.165) is 5.69 Å². The van der Waals surface area contributed by atoms with Crippen molar-refractivity contribution >= 4 is 23.0 Å². The number of hydrogen-bond donors (Lipinski definition) is 2. The maximum atomic E-state index is 5.66. The lowest BCUT2D eigenvalue weighted by Crippen LogP contribution is -2.23. The summed E-state index contributed by atoms with van der Waals surface area (Å²) in [6.45, 7) is 3.74. The topological polar surface area (TPSA) is 53.6 Å². The van der Waals surface area contributed by atoms with Crippen LogP contribution in [0, 0.1) is 0 Å². The molecule has 0 fully saturated rings. The summed E-state index contributed by atoms with van der Waals surface area (Å²) in [6.07, 6.45) is 0. The van der Waals surface area contributed by atoms with Gasteiger partial charge in [0.15, 0.2) is 5.96 Å². The van der Waals surface area contributed by atoms with Gasteiger partial charge in [-0.3, -0.25) is 0 Å². The molecule has 0 radical (unpaired) electrons. The van der Waals surface area contributed by atoms with Crippen molar-refractivity contribution in [2.75, 3.05) is 19.4 Å². The average molecular weight is 210 g/mol. The third kappa shape index (κ3) is 3.10. The van der Waals surface area contributed by atoms with Gasteiger partial charge in [-0.25, -0.2) is 0 Å². The number of aliphatic imine (C=N–C) groups is 1. The standard InChI is InChI=1S/C9H14N4S/c1-7(13(2)3)11-9(10)12-8-4-5-14-6-8/h4-6H,1H2,2-3H3,(H3,10,11,12). The quantitative estimate of drug-likeness (QED) is 0.587. The smallest absolute Gasteiger partial charge is 0.199 e. The molecule has 76 valence electrons. The van der Waals surface area contributed by atoms with Gasteiger partial charge in [-0.05, 0) is 11.4 Å². The lowest BCUT2D eigenvalue weighted by atomic mass is 10.5. The highest BCUT2D eigenvalue weighted by Crippen LogP contribution is 2.11. The molecular formula is C9H14N4S. The van der Waals surface area contributed by atoms with Crippen LogP contribution in [0.3, 0.4) is 0 Å². The van der Waals surface area contributed by atoms with E-state index in [1.54, 1.807) is 16.2 Å². The molecule has 0 aliphatic carbocycles. The second kappa shape index (κ2) is 4.66. The predicted octanol–water partition coefficient (Wildman–Crippen LogP) is 1.51. The van der Waals surface area contributed by atoms with E-state index < -0.39 is 0 Å². The molecule has 0 bridgehead atoms. The van der Waals surface area contributed by atoms with E-state index in [0.29, 0.717) is 11.8 Å². The van der Waals surface area contributed by atoms with Crippen LogP contribution in [0.15, 0.2) is 34.2 Å².